The SMILES string of the molecule is CCC(C)c1ccc(-c2c(C)sc(NC(=O)c3cc4cc(Cl)ccc4oc3=O)c2C#N)cc1. The van der Waals surface area contributed by atoms with Gasteiger partial charge in [0, 0.05) is 20.8 Å². The standard InChI is InChI=1S/C26H21ClN2O3S/c1-4-14(2)16-5-7-17(8-6-16)23-15(3)33-25(21(23)13-28)29-24(30)20-12-18-11-19(27)9-10-22(18)32-26(20)31/h5-12,14H,4H2,1-3H3,(H,29,30). The van der Waals surface area contributed by atoms with Crippen LogP contribution < -0.4 is 10.9 Å². The van der Waals surface area contributed by atoms with Crippen molar-refractivity contribution in [3.8, 4) is 17.2 Å². The van der Waals surface area contributed by atoms with E-state index in [0.717, 1.165) is 22.4 Å². The van der Waals surface area contributed by atoms with Crippen molar-refractivity contribution in [3.05, 3.63) is 85.5 Å². The second-order valence-electron chi connectivity index (χ2n) is 7.86. The van der Waals surface area contributed by atoms with Gasteiger partial charge in [0.15, 0.2) is 0 Å². The molecule has 5 nitrogen and oxygen atoms in total. The predicted octanol–water partition coefficient (Wildman–Crippen LogP) is 7.12. The highest BCUT2D eigenvalue weighted by atomic mass is 35.5. The summed E-state index contributed by atoms with van der Waals surface area (Å²) in [5.74, 6) is -0.182. The summed E-state index contributed by atoms with van der Waals surface area (Å²) in [6, 6.07) is 16.6. The molecule has 2 aromatic carbocycles. The summed E-state index contributed by atoms with van der Waals surface area (Å²) in [6.45, 7) is 6.23. The fourth-order valence-corrected chi connectivity index (χ4v) is 4.93. The van der Waals surface area contributed by atoms with Crippen LogP contribution in [0.2, 0.25) is 5.02 Å². The number of thiophene rings is 1. The molecule has 0 fully saturated rings. The van der Waals surface area contributed by atoms with Gasteiger partial charge in [0.1, 0.15) is 22.2 Å². The Morgan fingerprint density at radius 3 is 2.61 bits per heavy atom. The van der Waals surface area contributed by atoms with Crippen LogP contribution in [0.3, 0.4) is 0 Å². The Balaban J connectivity index is 1.69. The van der Waals surface area contributed by atoms with Crippen LogP contribution in [-0.2, 0) is 0 Å². The summed E-state index contributed by atoms with van der Waals surface area (Å²) in [7, 11) is 0. The first kappa shape index (κ1) is 22.8. The van der Waals surface area contributed by atoms with E-state index in [1.54, 1.807) is 18.2 Å². The maximum Gasteiger partial charge on any atom is 0.349 e. The number of fused-ring (bicyclic) bond motifs is 1. The molecule has 1 atom stereocenters. The normalized spacial score (nSPS) is 11.8. The third-order valence-electron chi connectivity index (χ3n) is 5.74. The molecule has 1 amide bonds. The number of anilines is 1. The molecule has 0 aliphatic rings. The molecular formula is C26H21ClN2O3S. The number of aryl methyl sites for hydroxylation is 1. The Hall–Kier alpha value is -3.40. The zero-order valence-electron chi connectivity index (χ0n) is 18.4. The first-order valence-electron chi connectivity index (χ1n) is 10.5. The molecule has 0 saturated carbocycles. The highest BCUT2D eigenvalue weighted by molar-refractivity contribution is 7.17. The number of amides is 1. The van der Waals surface area contributed by atoms with Gasteiger partial charge in [0.05, 0.1) is 5.56 Å². The maximum atomic E-state index is 12.9. The Bertz CT molecular complexity index is 1460. The van der Waals surface area contributed by atoms with E-state index in [2.05, 4.69) is 37.4 Å². The second kappa shape index (κ2) is 9.22. The van der Waals surface area contributed by atoms with E-state index in [1.165, 1.54) is 23.0 Å². The molecule has 166 valence electrons. The molecule has 1 N–H and O–H groups in total. The molecule has 0 aliphatic carbocycles. The zero-order chi connectivity index (χ0) is 23.7. The number of benzene rings is 2. The first-order valence-corrected chi connectivity index (χ1v) is 11.7. The first-order chi connectivity index (χ1) is 15.8. The van der Waals surface area contributed by atoms with Crippen LogP contribution in [0.5, 0.6) is 0 Å². The van der Waals surface area contributed by atoms with Gasteiger partial charge in [-0.1, -0.05) is 49.7 Å². The molecule has 2 aromatic heterocycles. The number of carbonyl (C=O) groups is 1. The molecule has 4 aromatic rings. The molecule has 0 saturated heterocycles. The maximum absolute atomic E-state index is 12.9. The third-order valence-corrected chi connectivity index (χ3v) is 7.00. The molecule has 0 bridgehead atoms. The van der Waals surface area contributed by atoms with Crippen molar-refractivity contribution in [2.45, 2.75) is 33.1 Å². The van der Waals surface area contributed by atoms with E-state index < -0.39 is 11.5 Å². The average Bonchev–Trinajstić information content (AvgIpc) is 3.12. The lowest BCUT2D eigenvalue weighted by Crippen LogP contribution is -2.20. The summed E-state index contributed by atoms with van der Waals surface area (Å²) in [4.78, 5) is 26.2. The van der Waals surface area contributed by atoms with Crippen molar-refractivity contribution >= 4 is 44.8 Å². The van der Waals surface area contributed by atoms with Crippen LogP contribution in [-0.4, -0.2) is 5.91 Å². The molecular weight excluding hydrogens is 456 g/mol. The van der Waals surface area contributed by atoms with Crippen LogP contribution in [0.15, 0.2) is 57.7 Å². The fourth-order valence-electron chi connectivity index (χ4n) is 3.72. The molecule has 2 heterocycles. The molecule has 0 spiro atoms. The fraction of sp³-hybridized carbons (Fsp3) is 0.192. The Morgan fingerprint density at radius 2 is 1.94 bits per heavy atom. The van der Waals surface area contributed by atoms with Gasteiger partial charge in [-0.2, -0.15) is 5.26 Å². The smallest absolute Gasteiger partial charge is 0.349 e. The number of nitriles is 1. The number of nitrogens with one attached hydrogen (secondary N) is 1. The van der Waals surface area contributed by atoms with E-state index in [-0.39, 0.29) is 5.56 Å². The topological polar surface area (TPSA) is 83.1 Å². The number of hydrogen-bond donors (Lipinski definition) is 1. The highest BCUT2D eigenvalue weighted by Crippen LogP contribution is 2.40. The van der Waals surface area contributed by atoms with E-state index in [1.807, 2.05) is 19.1 Å². The van der Waals surface area contributed by atoms with Crippen LogP contribution in [0.25, 0.3) is 22.1 Å². The monoisotopic (exact) mass is 476 g/mol. The van der Waals surface area contributed by atoms with Crippen LogP contribution in [0, 0.1) is 18.3 Å². The summed E-state index contributed by atoms with van der Waals surface area (Å²) in [5.41, 5.74) is 2.74. The van der Waals surface area contributed by atoms with Gasteiger partial charge >= 0.3 is 5.63 Å². The minimum absolute atomic E-state index is 0.154. The predicted molar refractivity (Wildman–Crippen MR) is 133 cm³/mol. The number of nitrogens with zero attached hydrogens (tertiary/aromatic N) is 1. The summed E-state index contributed by atoms with van der Waals surface area (Å²) >= 11 is 7.32. The lowest BCUT2D eigenvalue weighted by Gasteiger charge is -2.10. The van der Waals surface area contributed by atoms with Crippen molar-refractivity contribution in [1.82, 2.24) is 0 Å². The van der Waals surface area contributed by atoms with Crippen LogP contribution >= 0.6 is 22.9 Å². The van der Waals surface area contributed by atoms with Crippen molar-refractivity contribution in [1.29, 1.82) is 5.26 Å². The Kier molecular flexibility index (Phi) is 6.37. The number of rotatable bonds is 5. The average molecular weight is 477 g/mol. The second-order valence-corrected chi connectivity index (χ2v) is 9.53. The molecule has 7 heteroatoms. The van der Waals surface area contributed by atoms with Gasteiger partial charge in [-0.25, -0.2) is 4.79 Å². The number of hydrogen-bond acceptors (Lipinski definition) is 5. The lowest BCUT2D eigenvalue weighted by atomic mass is 9.95. The van der Waals surface area contributed by atoms with Gasteiger partial charge in [-0.3, -0.25) is 4.79 Å². The van der Waals surface area contributed by atoms with Crippen LogP contribution in [0.4, 0.5) is 5.00 Å². The number of carbonyl (C=O) groups excluding carboxylic acids is 1. The highest BCUT2D eigenvalue weighted by Gasteiger charge is 2.21. The Morgan fingerprint density at radius 1 is 1.21 bits per heavy atom. The minimum atomic E-state index is -0.755. The Labute approximate surface area is 200 Å². The largest absolute Gasteiger partial charge is 0.422 e. The minimum Gasteiger partial charge on any atom is -0.422 e. The quantitative estimate of drug-likeness (QED) is 0.311. The number of halogens is 1. The third kappa shape index (κ3) is 4.43. The molecule has 0 aliphatic heterocycles. The van der Waals surface area contributed by atoms with E-state index in [0.29, 0.717) is 32.5 Å². The van der Waals surface area contributed by atoms with Gasteiger partial charge in [0.25, 0.3) is 5.91 Å². The van der Waals surface area contributed by atoms with Crippen LogP contribution in [0.1, 0.15) is 52.5 Å². The van der Waals surface area contributed by atoms with Crippen molar-refractivity contribution < 1.29 is 9.21 Å². The zero-order valence-corrected chi connectivity index (χ0v) is 19.9. The van der Waals surface area contributed by atoms with E-state index >= 15 is 0 Å². The molecule has 1 unspecified atom stereocenters. The summed E-state index contributed by atoms with van der Waals surface area (Å²) < 4.78 is 5.26. The lowest BCUT2D eigenvalue weighted by molar-refractivity contribution is 0.102. The van der Waals surface area contributed by atoms with Crippen molar-refractivity contribution in [2.75, 3.05) is 5.32 Å². The molecule has 4 rings (SSSR count). The van der Waals surface area contributed by atoms with Gasteiger partial charge in [-0.05, 0) is 54.7 Å². The molecule has 33 heavy (non-hydrogen) atoms. The summed E-state index contributed by atoms with van der Waals surface area (Å²) in [6.07, 6.45) is 1.05. The summed E-state index contributed by atoms with van der Waals surface area (Å²) in [5, 5.41) is 14.0. The van der Waals surface area contributed by atoms with Gasteiger partial charge < -0.3 is 9.73 Å². The van der Waals surface area contributed by atoms with Gasteiger partial charge in [-0.15, -0.1) is 11.3 Å². The molecule has 0 radical (unpaired) electrons. The van der Waals surface area contributed by atoms with E-state index in [9.17, 15) is 14.9 Å². The van der Waals surface area contributed by atoms with Crippen molar-refractivity contribution in [3.63, 3.8) is 0 Å². The van der Waals surface area contributed by atoms with Gasteiger partial charge in [0.2, 0.25) is 0 Å². The van der Waals surface area contributed by atoms with E-state index in [4.69, 9.17) is 16.0 Å². The van der Waals surface area contributed by atoms with Crippen molar-refractivity contribution in [2.24, 2.45) is 0 Å².